The first-order valence-corrected chi connectivity index (χ1v) is 7.89. The highest BCUT2D eigenvalue weighted by Gasteiger charge is 2.34. The Morgan fingerprint density at radius 3 is 2.55 bits per heavy atom. The van der Waals surface area contributed by atoms with Crippen molar-refractivity contribution in [2.75, 3.05) is 26.2 Å². The Morgan fingerprint density at radius 2 is 1.90 bits per heavy atom. The van der Waals surface area contributed by atoms with Gasteiger partial charge in [-0.1, -0.05) is 0 Å². The fourth-order valence-electron chi connectivity index (χ4n) is 3.83. The van der Waals surface area contributed by atoms with Crippen molar-refractivity contribution in [1.82, 2.24) is 14.8 Å². The van der Waals surface area contributed by atoms with Gasteiger partial charge in [0.2, 0.25) is 0 Å². The van der Waals surface area contributed by atoms with Crippen molar-refractivity contribution in [2.24, 2.45) is 5.73 Å². The smallest absolute Gasteiger partial charge is 0.0498 e. The van der Waals surface area contributed by atoms with Crippen LogP contribution in [0.15, 0.2) is 24.5 Å². The molecule has 0 bridgehead atoms. The Balaban J connectivity index is 1.70. The molecule has 2 fully saturated rings. The number of likely N-dealkylation sites (tertiary alicyclic amines) is 2. The third-order valence-corrected chi connectivity index (χ3v) is 4.79. The molecule has 2 N–H and O–H groups in total. The highest BCUT2D eigenvalue weighted by atomic mass is 15.3. The molecule has 4 nitrogen and oxygen atoms in total. The summed E-state index contributed by atoms with van der Waals surface area (Å²) < 4.78 is 0. The molecule has 2 aliphatic heterocycles. The summed E-state index contributed by atoms with van der Waals surface area (Å²) in [6.45, 7) is 7.02. The maximum absolute atomic E-state index is 6.27. The molecule has 0 radical (unpaired) electrons. The quantitative estimate of drug-likeness (QED) is 0.906. The number of rotatable bonds is 4. The minimum Gasteiger partial charge on any atom is -0.326 e. The highest BCUT2D eigenvalue weighted by molar-refractivity contribution is 5.17. The van der Waals surface area contributed by atoms with Crippen LogP contribution in [0.3, 0.4) is 0 Å². The Hall–Kier alpha value is -0.970. The maximum atomic E-state index is 6.27. The number of pyridine rings is 1. The Morgan fingerprint density at radius 1 is 1.20 bits per heavy atom. The number of hydrogen-bond acceptors (Lipinski definition) is 4. The molecule has 4 heteroatoms. The van der Waals surface area contributed by atoms with Crippen LogP contribution in [0, 0.1) is 0 Å². The Labute approximate surface area is 122 Å². The largest absolute Gasteiger partial charge is 0.326 e. The number of aromatic nitrogens is 1. The highest BCUT2D eigenvalue weighted by Crippen LogP contribution is 2.29. The lowest BCUT2D eigenvalue weighted by atomic mass is 10.0. The summed E-state index contributed by atoms with van der Waals surface area (Å²) >= 11 is 0. The van der Waals surface area contributed by atoms with Crippen LogP contribution >= 0.6 is 0 Å². The van der Waals surface area contributed by atoms with Gasteiger partial charge in [-0.2, -0.15) is 0 Å². The zero-order valence-corrected chi connectivity index (χ0v) is 12.4. The van der Waals surface area contributed by atoms with E-state index >= 15 is 0 Å². The summed E-state index contributed by atoms with van der Waals surface area (Å²) in [6, 6.07) is 5.43. The second-order valence-corrected chi connectivity index (χ2v) is 6.27. The van der Waals surface area contributed by atoms with Crippen molar-refractivity contribution in [3.8, 4) is 0 Å². The van der Waals surface area contributed by atoms with Crippen molar-refractivity contribution in [3.63, 3.8) is 0 Å². The van der Waals surface area contributed by atoms with Crippen LogP contribution in [0.5, 0.6) is 0 Å². The van der Waals surface area contributed by atoms with E-state index in [4.69, 9.17) is 5.73 Å². The molecular weight excluding hydrogens is 248 g/mol. The molecule has 0 aliphatic carbocycles. The van der Waals surface area contributed by atoms with Crippen LogP contribution in [0.4, 0.5) is 0 Å². The molecule has 1 aromatic rings. The molecule has 110 valence electrons. The maximum Gasteiger partial charge on any atom is 0.0498 e. The van der Waals surface area contributed by atoms with Crippen LogP contribution in [-0.4, -0.2) is 53.0 Å². The van der Waals surface area contributed by atoms with Gasteiger partial charge in [-0.25, -0.2) is 0 Å². The van der Waals surface area contributed by atoms with Crippen LogP contribution in [0.1, 0.15) is 37.8 Å². The van der Waals surface area contributed by atoms with Crippen LogP contribution in [0.2, 0.25) is 0 Å². The van der Waals surface area contributed by atoms with Gasteiger partial charge in [0.05, 0.1) is 0 Å². The Bertz CT molecular complexity index is 414. The van der Waals surface area contributed by atoms with Crippen LogP contribution in [-0.2, 0) is 0 Å². The van der Waals surface area contributed by atoms with Gasteiger partial charge in [0.1, 0.15) is 0 Å². The Kier molecular flexibility index (Phi) is 4.34. The van der Waals surface area contributed by atoms with Gasteiger partial charge in [-0.15, -0.1) is 0 Å². The van der Waals surface area contributed by atoms with E-state index in [2.05, 4.69) is 33.8 Å². The predicted octanol–water partition coefficient (Wildman–Crippen LogP) is 1.64. The zero-order chi connectivity index (χ0) is 13.9. The van der Waals surface area contributed by atoms with Crippen LogP contribution in [0.25, 0.3) is 0 Å². The average molecular weight is 274 g/mol. The molecule has 0 aromatic carbocycles. The lowest BCUT2D eigenvalue weighted by Gasteiger charge is -2.32. The number of nitrogens with zero attached hydrogens (tertiary/aromatic N) is 3. The molecule has 0 saturated carbocycles. The third-order valence-electron chi connectivity index (χ3n) is 4.79. The summed E-state index contributed by atoms with van der Waals surface area (Å²) in [6.07, 6.45) is 7.78. The van der Waals surface area contributed by atoms with Gasteiger partial charge in [0, 0.05) is 43.6 Å². The van der Waals surface area contributed by atoms with Gasteiger partial charge in [0.15, 0.2) is 0 Å². The van der Waals surface area contributed by atoms with Crippen LogP contribution < -0.4 is 5.73 Å². The first-order chi connectivity index (χ1) is 9.75. The number of hydrogen-bond donors (Lipinski definition) is 1. The van der Waals surface area contributed by atoms with Gasteiger partial charge >= 0.3 is 0 Å². The zero-order valence-electron chi connectivity index (χ0n) is 12.4. The molecule has 20 heavy (non-hydrogen) atoms. The second kappa shape index (κ2) is 6.20. The molecule has 2 aliphatic rings. The van der Waals surface area contributed by atoms with E-state index < -0.39 is 0 Å². The lowest BCUT2D eigenvalue weighted by Crippen LogP contribution is -2.41. The molecule has 0 amide bonds. The van der Waals surface area contributed by atoms with Gasteiger partial charge in [-0.3, -0.25) is 14.8 Å². The van der Waals surface area contributed by atoms with Crippen molar-refractivity contribution in [3.05, 3.63) is 30.1 Å². The van der Waals surface area contributed by atoms with E-state index in [1.54, 1.807) is 0 Å². The molecule has 3 heterocycles. The minimum atomic E-state index is 0.148. The monoisotopic (exact) mass is 274 g/mol. The van der Waals surface area contributed by atoms with E-state index in [0.29, 0.717) is 6.04 Å². The fourth-order valence-corrected chi connectivity index (χ4v) is 3.83. The number of nitrogens with two attached hydrogens (primary N) is 1. The van der Waals surface area contributed by atoms with Crippen molar-refractivity contribution in [1.29, 1.82) is 0 Å². The predicted molar refractivity (Wildman–Crippen MR) is 81.4 cm³/mol. The van der Waals surface area contributed by atoms with E-state index in [9.17, 15) is 0 Å². The molecule has 2 saturated heterocycles. The SMILES string of the molecule is CC(N)C(c1ccncc1)N1CCC(N2CCCC2)C1. The molecule has 3 rings (SSSR count). The fraction of sp³-hybridized carbons (Fsp3) is 0.688. The standard InChI is InChI=1S/C16H26N4/c1-13(17)16(14-4-7-18-8-5-14)20-11-6-15(12-20)19-9-2-3-10-19/h4-5,7-8,13,15-16H,2-3,6,9-12,17H2,1H3. The molecular formula is C16H26N4. The summed E-state index contributed by atoms with van der Waals surface area (Å²) in [5, 5.41) is 0. The first-order valence-electron chi connectivity index (χ1n) is 7.89. The van der Waals surface area contributed by atoms with Crippen molar-refractivity contribution >= 4 is 0 Å². The first kappa shape index (κ1) is 14.0. The molecule has 3 atom stereocenters. The average Bonchev–Trinajstić information content (AvgIpc) is 3.10. The van der Waals surface area contributed by atoms with E-state index in [1.807, 2.05) is 12.4 Å². The molecule has 0 spiro atoms. The van der Waals surface area contributed by atoms with E-state index in [0.717, 1.165) is 19.1 Å². The molecule has 1 aromatic heterocycles. The normalized spacial score (nSPS) is 27.8. The van der Waals surface area contributed by atoms with Crippen molar-refractivity contribution < 1.29 is 0 Å². The van der Waals surface area contributed by atoms with Crippen molar-refractivity contribution in [2.45, 2.75) is 44.3 Å². The minimum absolute atomic E-state index is 0.148. The van der Waals surface area contributed by atoms with E-state index in [1.165, 1.54) is 37.9 Å². The summed E-state index contributed by atoms with van der Waals surface area (Å²) in [4.78, 5) is 9.37. The third kappa shape index (κ3) is 2.87. The second-order valence-electron chi connectivity index (χ2n) is 6.27. The summed E-state index contributed by atoms with van der Waals surface area (Å²) in [5.41, 5.74) is 7.57. The summed E-state index contributed by atoms with van der Waals surface area (Å²) in [7, 11) is 0. The summed E-state index contributed by atoms with van der Waals surface area (Å²) in [5.74, 6) is 0. The lowest BCUT2D eigenvalue weighted by molar-refractivity contribution is 0.185. The van der Waals surface area contributed by atoms with Gasteiger partial charge < -0.3 is 5.73 Å². The topological polar surface area (TPSA) is 45.4 Å². The van der Waals surface area contributed by atoms with Gasteiger partial charge in [-0.05, 0) is 57.0 Å². The molecule has 3 unspecified atom stereocenters. The van der Waals surface area contributed by atoms with Gasteiger partial charge in [0.25, 0.3) is 0 Å². The van der Waals surface area contributed by atoms with E-state index in [-0.39, 0.29) is 6.04 Å².